The standard InChI is InChI=1S/C5H9O2S/c6-5(7)3-1-2-4-8/h1-4H2,(H,6,7). The highest BCUT2D eigenvalue weighted by atomic mass is 32.1. The van der Waals surface area contributed by atoms with Gasteiger partial charge in [-0.1, -0.05) is 12.6 Å². The van der Waals surface area contributed by atoms with Crippen LogP contribution in [0.5, 0.6) is 0 Å². The van der Waals surface area contributed by atoms with E-state index in [1.165, 1.54) is 0 Å². The molecule has 0 saturated carbocycles. The average Bonchev–Trinajstić information content (AvgIpc) is 1.66. The normalized spacial score (nSPS) is 9.12. The number of rotatable bonds is 4. The van der Waals surface area contributed by atoms with E-state index in [0.29, 0.717) is 5.75 Å². The maximum absolute atomic E-state index is 9.84. The van der Waals surface area contributed by atoms with Crippen LogP contribution in [0.3, 0.4) is 0 Å². The molecule has 0 atom stereocenters. The van der Waals surface area contributed by atoms with Crippen molar-refractivity contribution in [2.75, 3.05) is 5.75 Å². The Bertz CT molecular complexity index is 72.8. The van der Waals surface area contributed by atoms with E-state index in [9.17, 15) is 4.79 Å². The van der Waals surface area contributed by atoms with E-state index in [4.69, 9.17) is 5.11 Å². The molecule has 2 nitrogen and oxygen atoms in total. The van der Waals surface area contributed by atoms with Gasteiger partial charge in [0.15, 0.2) is 0 Å². The molecule has 0 spiro atoms. The van der Waals surface area contributed by atoms with Gasteiger partial charge >= 0.3 is 5.97 Å². The van der Waals surface area contributed by atoms with Crippen molar-refractivity contribution in [2.45, 2.75) is 19.3 Å². The summed E-state index contributed by atoms with van der Waals surface area (Å²) in [6.45, 7) is 0. The lowest BCUT2D eigenvalue weighted by Gasteiger charge is -1.88. The number of hydrogen-bond acceptors (Lipinski definition) is 1. The summed E-state index contributed by atoms with van der Waals surface area (Å²) in [5.41, 5.74) is 0. The summed E-state index contributed by atoms with van der Waals surface area (Å²) in [6, 6.07) is 0. The zero-order valence-electron chi connectivity index (χ0n) is 4.59. The summed E-state index contributed by atoms with van der Waals surface area (Å²) >= 11 is 4.61. The Kier molecular flexibility index (Phi) is 4.85. The van der Waals surface area contributed by atoms with Crippen LogP contribution < -0.4 is 0 Å². The molecule has 47 valence electrons. The molecule has 0 aliphatic rings. The van der Waals surface area contributed by atoms with Crippen LogP contribution in [0.25, 0.3) is 0 Å². The molecule has 0 saturated heterocycles. The Morgan fingerprint density at radius 3 is 2.50 bits per heavy atom. The lowest BCUT2D eigenvalue weighted by Crippen LogP contribution is -1.93. The van der Waals surface area contributed by atoms with E-state index in [-0.39, 0.29) is 6.42 Å². The summed E-state index contributed by atoms with van der Waals surface area (Å²) in [7, 11) is 0. The van der Waals surface area contributed by atoms with Gasteiger partial charge in [0.25, 0.3) is 0 Å². The lowest BCUT2D eigenvalue weighted by molar-refractivity contribution is -0.137. The van der Waals surface area contributed by atoms with Gasteiger partial charge in [0.2, 0.25) is 0 Å². The van der Waals surface area contributed by atoms with Gasteiger partial charge in [0, 0.05) is 12.2 Å². The molecule has 0 amide bonds. The molecule has 8 heavy (non-hydrogen) atoms. The molecule has 0 unspecified atom stereocenters. The molecule has 0 aliphatic heterocycles. The number of hydrogen-bond donors (Lipinski definition) is 1. The smallest absolute Gasteiger partial charge is 0.303 e. The second-order valence-corrected chi connectivity index (χ2v) is 1.96. The van der Waals surface area contributed by atoms with Gasteiger partial charge in [0.1, 0.15) is 0 Å². The Labute approximate surface area is 54.3 Å². The first-order valence-corrected chi connectivity index (χ1v) is 3.15. The first kappa shape index (κ1) is 7.82. The minimum atomic E-state index is -0.728. The van der Waals surface area contributed by atoms with E-state index in [1.807, 2.05) is 0 Å². The van der Waals surface area contributed by atoms with E-state index >= 15 is 0 Å². The van der Waals surface area contributed by atoms with Crippen LogP contribution in [0.4, 0.5) is 0 Å². The third kappa shape index (κ3) is 5.82. The maximum Gasteiger partial charge on any atom is 0.303 e. The third-order valence-electron chi connectivity index (χ3n) is 0.785. The first-order chi connectivity index (χ1) is 3.77. The number of aliphatic carboxylic acids is 1. The van der Waals surface area contributed by atoms with E-state index in [1.54, 1.807) is 0 Å². The van der Waals surface area contributed by atoms with Crippen molar-refractivity contribution in [1.82, 2.24) is 0 Å². The molecule has 1 radical (unpaired) electrons. The van der Waals surface area contributed by atoms with Gasteiger partial charge in [0.05, 0.1) is 0 Å². The Hall–Kier alpha value is -0.180. The van der Waals surface area contributed by atoms with Gasteiger partial charge in [-0.05, 0) is 12.8 Å². The summed E-state index contributed by atoms with van der Waals surface area (Å²) < 4.78 is 0. The van der Waals surface area contributed by atoms with Crippen LogP contribution in [0.2, 0.25) is 0 Å². The van der Waals surface area contributed by atoms with Gasteiger partial charge < -0.3 is 5.11 Å². The fourth-order valence-corrected chi connectivity index (χ4v) is 0.582. The molecule has 0 aromatic heterocycles. The highest BCUT2D eigenvalue weighted by Crippen LogP contribution is 1.95. The summed E-state index contributed by atoms with van der Waals surface area (Å²) in [4.78, 5) is 9.84. The minimum absolute atomic E-state index is 0.261. The lowest BCUT2D eigenvalue weighted by atomic mass is 10.3. The van der Waals surface area contributed by atoms with Gasteiger partial charge in [-0.3, -0.25) is 4.79 Å². The van der Waals surface area contributed by atoms with Gasteiger partial charge in [-0.15, -0.1) is 0 Å². The summed E-state index contributed by atoms with van der Waals surface area (Å²) in [6.07, 6.45) is 1.83. The maximum atomic E-state index is 9.84. The fraction of sp³-hybridized carbons (Fsp3) is 0.800. The predicted molar refractivity (Wildman–Crippen MR) is 33.9 cm³/mol. The zero-order chi connectivity index (χ0) is 6.41. The van der Waals surface area contributed by atoms with Crippen LogP contribution in [0, 0.1) is 0 Å². The highest BCUT2D eigenvalue weighted by Gasteiger charge is 1.93. The van der Waals surface area contributed by atoms with Crippen molar-refractivity contribution in [2.24, 2.45) is 0 Å². The Morgan fingerprint density at radius 1 is 1.50 bits per heavy atom. The average molecular weight is 133 g/mol. The highest BCUT2D eigenvalue weighted by molar-refractivity contribution is 7.80. The largest absolute Gasteiger partial charge is 0.481 e. The molecule has 0 aliphatic carbocycles. The molecule has 0 bridgehead atoms. The van der Waals surface area contributed by atoms with Crippen LogP contribution in [-0.2, 0) is 4.79 Å². The molecule has 1 N–H and O–H groups in total. The van der Waals surface area contributed by atoms with Crippen LogP contribution in [-0.4, -0.2) is 16.8 Å². The molecule has 0 aromatic rings. The zero-order valence-corrected chi connectivity index (χ0v) is 5.41. The summed E-state index contributed by atoms with van der Waals surface area (Å²) in [5.74, 6) is -0.0544. The number of carboxylic acids is 1. The topological polar surface area (TPSA) is 37.3 Å². The molecule has 3 heteroatoms. The fourth-order valence-electron chi connectivity index (χ4n) is 0.378. The molecule has 0 fully saturated rings. The molecule has 0 heterocycles. The number of carboxylic acid groups (broad SMARTS) is 1. The monoisotopic (exact) mass is 133 g/mol. The second-order valence-electron chi connectivity index (χ2n) is 1.55. The van der Waals surface area contributed by atoms with Crippen LogP contribution >= 0.6 is 12.6 Å². The second kappa shape index (κ2) is 4.97. The minimum Gasteiger partial charge on any atom is -0.481 e. The van der Waals surface area contributed by atoms with E-state index < -0.39 is 5.97 Å². The van der Waals surface area contributed by atoms with Gasteiger partial charge in [-0.2, -0.15) is 0 Å². The van der Waals surface area contributed by atoms with Crippen molar-refractivity contribution in [3.05, 3.63) is 0 Å². The molecule has 0 rings (SSSR count). The molecular weight excluding hydrogens is 124 g/mol. The van der Waals surface area contributed by atoms with Crippen LogP contribution in [0.1, 0.15) is 19.3 Å². The van der Waals surface area contributed by atoms with Crippen molar-refractivity contribution in [1.29, 1.82) is 0 Å². The van der Waals surface area contributed by atoms with Gasteiger partial charge in [-0.25, -0.2) is 0 Å². The van der Waals surface area contributed by atoms with Crippen molar-refractivity contribution >= 4 is 18.6 Å². The SMILES string of the molecule is O=C(O)CCCC[S]. The van der Waals surface area contributed by atoms with E-state index in [0.717, 1.165) is 12.8 Å². The Morgan fingerprint density at radius 2 is 2.12 bits per heavy atom. The van der Waals surface area contributed by atoms with Crippen molar-refractivity contribution in [3.8, 4) is 0 Å². The molecular formula is C5H9O2S. The number of carbonyl (C=O) groups is 1. The van der Waals surface area contributed by atoms with E-state index in [2.05, 4.69) is 12.6 Å². The first-order valence-electron chi connectivity index (χ1n) is 2.57. The Balaban J connectivity index is 2.82. The van der Waals surface area contributed by atoms with Crippen LogP contribution in [0.15, 0.2) is 0 Å². The quantitative estimate of drug-likeness (QED) is 0.589. The van der Waals surface area contributed by atoms with Crippen molar-refractivity contribution < 1.29 is 9.90 Å². The molecule has 0 aromatic carbocycles. The number of unbranched alkanes of at least 4 members (excludes halogenated alkanes) is 1. The predicted octanol–water partition coefficient (Wildman–Crippen LogP) is 1.44. The summed E-state index contributed by atoms with van der Waals surface area (Å²) in [5, 5.41) is 8.11. The van der Waals surface area contributed by atoms with Crippen molar-refractivity contribution in [3.63, 3.8) is 0 Å². The third-order valence-corrected chi connectivity index (χ3v) is 1.07.